The molecule has 0 aromatic heterocycles. The summed E-state index contributed by atoms with van der Waals surface area (Å²) in [5, 5.41) is 10.5. The van der Waals surface area contributed by atoms with Crippen molar-refractivity contribution in [2.75, 3.05) is 0 Å². The van der Waals surface area contributed by atoms with Crippen LogP contribution < -0.4 is 0 Å². The number of unbranched alkanes of at least 4 members (excludes halogenated alkanes) is 1. The van der Waals surface area contributed by atoms with Crippen LogP contribution in [0.4, 0.5) is 57.1 Å². The second-order valence-electron chi connectivity index (χ2n) is 7.99. The molecule has 198 valence electrons. The van der Waals surface area contributed by atoms with Gasteiger partial charge in [0.1, 0.15) is 0 Å². The minimum Gasteiger partial charge on any atom is -0.390 e. The first-order chi connectivity index (χ1) is 15.1. The number of benzene rings is 1. The quantitative estimate of drug-likeness (QED) is 0.278. The summed E-state index contributed by atoms with van der Waals surface area (Å²) in [7, 11) is 0. The minimum atomic E-state index is -7.95. The number of hydrogen-bond donors (Lipinski definition) is 1. The average Bonchev–Trinajstić information content (AvgIpc) is 2.70. The largest absolute Gasteiger partial charge is 0.460 e. The van der Waals surface area contributed by atoms with Gasteiger partial charge in [0.25, 0.3) is 0 Å². The first-order valence-corrected chi connectivity index (χ1v) is 9.82. The lowest BCUT2D eigenvalue weighted by molar-refractivity contribution is -0.441. The number of aryl methyl sites for hydroxylation is 1. The zero-order valence-electron chi connectivity index (χ0n) is 17.5. The lowest BCUT2D eigenvalue weighted by Crippen LogP contribution is -2.70. The van der Waals surface area contributed by atoms with E-state index in [2.05, 4.69) is 0 Å². The first-order valence-electron chi connectivity index (χ1n) is 9.82. The molecule has 14 heteroatoms. The fraction of sp³-hybridized carbons (Fsp3) is 0.700. The molecule has 1 nitrogen and oxygen atoms in total. The smallest absolute Gasteiger partial charge is 0.390 e. The van der Waals surface area contributed by atoms with Crippen LogP contribution in [-0.4, -0.2) is 46.5 Å². The van der Waals surface area contributed by atoms with Crippen LogP contribution in [0.2, 0.25) is 0 Å². The minimum absolute atomic E-state index is 0.106. The van der Waals surface area contributed by atoms with Crippen molar-refractivity contribution in [1.82, 2.24) is 0 Å². The lowest BCUT2D eigenvalue weighted by Gasteiger charge is -2.42. The van der Waals surface area contributed by atoms with Crippen LogP contribution in [0, 0.1) is 0 Å². The van der Waals surface area contributed by atoms with Gasteiger partial charge in [0.15, 0.2) is 0 Å². The molecule has 0 saturated heterocycles. The van der Waals surface area contributed by atoms with Crippen molar-refractivity contribution in [1.29, 1.82) is 0 Å². The maximum absolute atomic E-state index is 14.3. The summed E-state index contributed by atoms with van der Waals surface area (Å²) in [6, 6.07) is 7.43. The molecule has 1 aromatic rings. The molecule has 0 saturated carbocycles. The van der Waals surface area contributed by atoms with Gasteiger partial charge in [-0.15, -0.1) is 0 Å². The van der Waals surface area contributed by atoms with Crippen molar-refractivity contribution in [2.45, 2.75) is 86.8 Å². The standard InChI is InChI=1S/C20H21F13O/c1-2-3-10-14(34,11-9-13-7-5-4-6-8-13)12-15(21,22)16(23,24)17(25,26)18(27,28)19(29,30)20(31,32)33/h4-8,34H,2-3,9-12H2,1H3. The Hall–Kier alpha value is -1.73. The molecule has 0 spiro atoms. The van der Waals surface area contributed by atoms with Crippen LogP contribution in [-0.2, 0) is 6.42 Å². The van der Waals surface area contributed by atoms with Gasteiger partial charge >= 0.3 is 35.8 Å². The third kappa shape index (κ3) is 5.56. The van der Waals surface area contributed by atoms with Crippen molar-refractivity contribution in [3.05, 3.63) is 35.9 Å². The number of hydrogen-bond acceptors (Lipinski definition) is 1. The molecule has 0 radical (unpaired) electrons. The van der Waals surface area contributed by atoms with Crippen LogP contribution >= 0.6 is 0 Å². The van der Waals surface area contributed by atoms with Gasteiger partial charge in [-0.25, -0.2) is 0 Å². The molecule has 0 heterocycles. The van der Waals surface area contributed by atoms with E-state index in [0.29, 0.717) is 5.56 Å². The molecule has 0 aliphatic carbocycles. The Morgan fingerprint density at radius 3 is 1.56 bits per heavy atom. The van der Waals surface area contributed by atoms with Crippen molar-refractivity contribution in [2.24, 2.45) is 0 Å². The Kier molecular flexibility index (Phi) is 8.67. The fourth-order valence-electron chi connectivity index (χ4n) is 3.16. The average molecular weight is 524 g/mol. The van der Waals surface area contributed by atoms with Gasteiger partial charge in [-0.2, -0.15) is 57.1 Å². The Morgan fingerprint density at radius 1 is 0.647 bits per heavy atom. The van der Waals surface area contributed by atoms with E-state index < -0.39 is 60.7 Å². The van der Waals surface area contributed by atoms with Gasteiger partial charge in [0.05, 0.1) is 5.60 Å². The van der Waals surface area contributed by atoms with Gasteiger partial charge in [0, 0.05) is 6.42 Å². The Morgan fingerprint density at radius 2 is 1.12 bits per heavy atom. The summed E-state index contributed by atoms with van der Waals surface area (Å²) in [5.74, 6) is -37.3. The molecular weight excluding hydrogens is 503 g/mol. The van der Waals surface area contributed by atoms with E-state index >= 15 is 0 Å². The van der Waals surface area contributed by atoms with E-state index in [4.69, 9.17) is 0 Å². The summed E-state index contributed by atoms with van der Waals surface area (Å²) >= 11 is 0. The highest BCUT2D eigenvalue weighted by atomic mass is 19.4. The molecule has 1 rings (SSSR count). The molecule has 0 fully saturated rings. The molecule has 0 bridgehead atoms. The predicted molar refractivity (Wildman–Crippen MR) is 94.6 cm³/mol. The molecule has 1 atom stereocenters. The van der Waals surface area contributed by atoms with E-state index in [-0.39, 0.29) is 19.3 Å². The molecule has 0 aliphatic rings. The molecule has 1 N–H and O–H groups in total. The Balaban J connectivity index is 3.34. The number of aliphatic hydroxyl groups is 1. The summed E-state index contributed by atoms with van der Waals surface area (Å²) < 4.78 is 173. The fourth-order valence-corrected chi connectivity index (χ4v) is 3.16. The molecule has 1 unspecified atom stereocenters. The number of rotatable bonds is 12. The maximum atomic E-state index is 14.3. The third-order valence-electron chi connectivity index (χ3n) is 5.27. The first kappa shape index (κ1) is 30.3. The maximum Gasteiger partial charge on any atom is 0.460 e. The van der Waals surface area contributed by atoms with Gasteiger partial charge < -0.3 is 5.11 Å². The van der Waals surface area contributed by atoms with E-state index in [1.807, 2.05) is 0 Å². The van der Waals surface area contributed by atoms with Gasteiger partial charge in [0.2, 0.25) is 0 Å². The third-order valence-corrected chi connectivity index (χ3v) is 5.27. The van der Waals surface area contributed by atoms with Crippen molar-refractivity contribution >= 4 is 0 Å². The van der Waals surface area contributed by atoms with Crippen LogP contribution in [0.5, 0.6) is 0 Å². The highest BCUT2D eigenvalue weighted by Gasteiger charge is 2.90. The summed E-state index contributed by atoms with van der Waals surface area (Å²) in [6.45, 7) is 1.48. The van der Waals surface area contributed by atoms with Gasteiger partial charge in [-0.1, -0.05) is 50.1 Å². The molecule has 1 aromatic carbocycles. The van der Waals surface area contributed by atoms with Crippen LogP contribution in [0.15, 0.2) is 30.3 Å². The van der Waals surface area contributed by atoms with Crippen molar-refractivity contribution in [3.63, 3.8) is 0 Å². The van der Waals surface area contributed by atoms with Crippen LogP contribution in [0.25, 0.3) is 0 Å². The van der Waals surface area contributed by atoms with Crippen LogP contribution in [0.3, 0.4) is 0 Å². The molecule has 0 aliphatic heterocycles. The number of halogens is 13. The second-order valence-corrected chi connectivity index (χ2v) is 7.99. The van der Waals surface area contributed by atoms with Crippen molar-refractivity contribution < 1.29 is 62.2 Å². The van der Waals surface area contributed by atoms with E-state index in [9.17, 15) is 62.2 Å². The summed E-state index contributed by atoms with van der Waals surface area (Å²) in [6.07, 6.45) is -11.6. The Bertz CT molecular complexity index is 789. The second kappa shape index (κ2) is 9.73. The van der Waals surface area contributed by atoms with Gasteiger partial charge in [-0.3, -0.25) is 0 Å². The van der Waals surface area contributed by atoms with Crippen LogP contribution in [0.1, 0.15) is 44.6 Å². The highest BCUT2D eigenvalue weighted by molar-refractivity contribution is 5.16. The molecule has 0 amide bonds. The number of alkyl halides is 13. The predicted octanol–water partition coefficient (Wildman–Crippen LogP) is 7.67. The van der Waals surface area contributed by atoms with E-state index in [0.717, 1.165) is 0 Å². The SMILES string of the molecule is CCCCC(O)(CCc1ccccc1)CC(F)(F)C(F)(F)C(F)(F)C(F)(F)C(F)(F)C(F)(F)F. The molecular formula is C20H21F13O. The monoisotopic (exact) mass is 524 g/mol. The highest BCUT2D eigenvalue weighted by Crippen LogP contribution is 2.61. The summed E-state index contributed by atoms with van der Waals surface area (Å²) in [4.78, 5) is 0. The Labute approximate surface area is 185 Å². The zero-order valence-corrected chi connectivity index (χ0v) is 17.5. The van der Waals surface area contributed by atoms with E-state index in [1.54, 1.807) is 6.07 Å². The normalized spacial score (nSPS) is 16.4. The lowest BCUT2D eigenvalue weighted by atomic mass is 9.81. The molecule has 34 heavy (non-hydrogen) atoms. The topological polar surface area (TPSA) is 20.2 Å². The zero-order chi connectivity index (χ0) is 26.9. The van der Waals surface area contributed by atoms with E-state index in [1.165, 1.54) is 31.2 Å². The van der Waals surface area contributed by atoms with Crippen molar-refractivity contribution in [3.8, 4) is 0 Å². The summed E-state index contributed by atoms with van der Waals surface area (Å²) in [5.41, 5.74) is -2.47. The van der Waals surface area contributed by atoms with Gasteiger partial charge in [-0.05, 0) is 24.8 Å².